The quantitative estimate of drug-likeness (QED) is 0.315. The summed E-state index contributed by atoms with van der Waals surface area (Å²) in [6, 6.07) is 7.86. The van der Waals surface area contributed by atoms with Gasteiger partial charge < -0.3 is 14.4 Å². The monoisotopic (exact) mass is 632 g/mol. The Morgan fingerprint density at radius 3 is 2.57 bits per heavy atom. The number of fused-ring (bicyclic) bond motifs is 4. The molecule has 5 fully saturated rings. The highest BCUT2D eigenvalue weighted by atomic mass is 19.1. The van der Waals surface area contributed by atoms with Gasteiger partial charge in [0.15, 0.2) is 5.82 Å². The lowest BCUT2D eigenvalue weighted by Crippen LogP contribution is -2.57. The van der Waals surface area contributed by atoms with Gasteiger partial charge in [-0.1, -0.05) is 24.3 Å². The Morgan fingerprint density at radius 2 is 1.83 bits per heavy atom. The second-order valence-electron chi connectivity index (χ2n) is 14.9. The van der Waals surface area contributed by atoms with Gasteiger partial charge in [-0.3, -0.25) is 14.8 Å². The first kappa shape index (κ1) is 29.8. The van der Waals surface area contributed by atoms with Crippen LogP contribution in [-0.2, 0) is 4.74 Å². The summed E-state index contributed by atoms with van der Waals surface area (Å²) in [6.07, 6.45) is 6.65. The van der Waals surface area contributed by atoms with E-state index in [4.69, 9.17) is 14.5 Å². The van der Waals surface area contributed by atoms with Gasteiger partial charge in [-0.05, 0) is 77.3 Å². The van der Waals surface area contributed by atoms with E-state index >= 15 is 4.39 Å². The maximum Gasteiger partial charge on any atom is 0.410 e. The minimum absolute atomic E-state index is 0.0589. The number of aromatic nitrogens is 3. The summed E-state index contributed by atoms with van der Waals surface area (Å²) in [7, 11) is 0. The van der Waals surface area contributed by atoms with Gasteiger partial charge in [-0.15, -0.1) is 0 Å². The Kier molecular flexibility index (Phi) is 7.12. The van der Waals surface area contributed by atoms with Gasteiger partial charge in [-0.2, -0.15) is 9.97 Å². The largest absolute Gasteiger partial charge is 0.461 e. The van der Waals surface area contributed by atoms with Gasteiger partial charge >= 0.3 is 12.1 Å². The molecule has 0 spiro atoms. The van der Waals surface area contributed by atoms with Crippen molar-refractivity contribution < 1.29 is 23.0 Å². The number of benzene rings is 1. The Balaban J connectivity index is 1.17. The second-order valence-corrected chi connectivity index (χ2v) is 14.9. The molecule has 5 aliphatic rings. The molecule has 1 saturated carbocycles. The Labute approximate surface area is 268 Å². The SMILES string of the molecule is CC(C)(C)OC(=O)N1[C@@H]2CC[C@H]1CN(c1nc(OC[C@@]34CCCN3C[C@H](F)C4)nc3c(F)c(-c4ccccc4C4CC4)ncc13)C2. The normalized spacial score (nSPS) is 27.8. The summed E-state index contributed by atoms with van der Waals surface area (Å²) in [5.41, 5.74) is 1.36. The molecule has 0 N–H and O–H groups in total. The fourth-order valence-corrected chi connectivity index (χ4v) is 8.31. The van der Waals surface area contributed by atoms with E-state index in [-0.39, 0.29) is 47.5 Å². The van der Waals surface area contributed by atoms with Gasteiger partial charge in [0.1, 0.15) is 35.4 Å². The number of alkyl halides is 1. The number of nitrogens with zero attached hydrogens (tertiary/aromatic N) is 6. The molecule has 2 aromatic heterocycles. The molecule has 4 aliphatic heterocycles. The minimum atomic E-state index is -0.883. The van der Waals surface area contributed by atoms with Crippen LogP contribution in [0.5, 0.6) is 6.01 Å². The predicted octanol–water partition coefficient (Wildman–Crippen LogP) is 6.25. The van der Waals surface area contributed by atoms with Crippen molar-refractivity contribution in [2.24, 2.45) is 0 Å². The zero-order chi connectivity index (χ0) is 31.8. The third kappa shape index (κ3) is 5.24. The molecular weight excluding hydrogens is 590 g/mol. The third-order valence-electron chi connectivity index (χ3n) is 10.5. The number of pyridine rings is 1. The van der Waals surface area contributed by atoms with Crippen LogP contribution in [0.3, 0.4) is 0 Å². The molecule has 0 unspecified atom stereocenters. The van der Waals surface area contributed by atoms with Crippen molar-refractivity contribution in [2.75, 3.05) is 37.7 Å². The van der Waals surface area contributed by atoms with Crippen molar-refractivity contribution in [3.05, 3.63) is 41.8 Å². The maximum atomic E-state index is 16.7. The second kappa shape index (κ2) is 11.0. The molecule has 8 rings (SSSR count). The Hall–Kier alpha value is -3.60. The van der Waals surface area contributed by atoms with E-state index < -0.39 is 17.6 Å². The van der Waals surface area contributed by atoms with Gasteiger partial charge in [-0.25, -0.2) is 13.6 Å². The summed E-state index contributed by atoms with van der Waals surface area (Å²) in [4.78, 5) is 33.5. The molecule has 1 aromatic carbocycles. The van der Waals surface area contributed by atoms with Crippen LogP contribution in [0, 0.1) is 5.82 Å². The average Bonchev–Trinajstić information content (AvgIpc) is 3.64. The van der Waals surface area contributed by atoms with Gasteiger partial charge in [0, 0.05) is 37.8 Å². The fraction of sp³-hybridized carbons (Fsp3) is 0.600. The number of amides is 1. The molecule has 0 radical (unpaired) electrons. The van der Waals surface area contributed by atoms with Crippen molar-refractivity contribution in [1.29, 1.82) is 0 Å². The number of hydrogen-bond donors (Lipinski definition) is 0. The molecule has 2 bridgehead atoms. The standard InChI is InChI=1S/C35H42F2N6O3/c1-34(2,3)46-33(44)43-23-11-12-24(43)19-41(18-23)31-27-16-38-29(26-8-5-4-7-25(26)21-9-10-21)28(37)30(27)39-32(40-31)45-20-35-13-6-14-42(35)17-22(36)15-35/h4-5,7-8,16,21-24H,6,9-15,17-20H2,1-3H3/t22-,23-,24+,35+/m1/s1. The molecule has 46 heavy (non-hydrogen) atoms. The number of carbonyl (C=O) groups excluding carboxylic acids is 1. The molecule has 6 heterocycles. The van der Waals surface area contributed by atoms with E-state index in [1.807, 2.05) is 43.9 Å². The molecule has 4 atom stereocenters. The lowest BCUT2D eigenvalue weighted by atomic mass is 9.95. The average molecular weight is 633 g/mol. The van der Waals surface area contributed by atoms with Gasteiger partial charge in [0.05, 0.1) is 23.0 Å². The maximum absolute atomic E-state index is 16.7. The van der Waals surface area contributed by atoms with E-state index in [2.05, 4.69) is 25.8 Å². The number of ether oxygens (including phenoxy) is 2. The van der Waals surface area contributed by atoms with Crippen molar-refractivity contribution in [3.8, 4) is 17.3 Å². The van der Waals surface area contributed by atoms with E-state index in [1.54, 1.807) is 6.20 Å². The number of anilines is 1. The molecule has 1 aliphatic carbocycles. The van der Waals surface area contributed by atoms with Crippen LogP contribution in [0.1, 0.15) is 77.2 Å². The summed E-state index contributed by atoms with van der Waals surface area (Å²) >= 11 is 0. The molecule has 1 amide bonds. The molecule has 9 nitrogen and oxygen atoms in total. The highest BCUT2D eigenvalue weighted by Crippen LogP contribution is 2.45. The van der Waals surface area contributed by atoms with Crippen molar-refractivity contribution >= 4 is 22.8 Å². The molecule has 11 heteroatoms. The topological polar surface area (TPSA) is 83.9 Å². The Morgan fingerprint density at radius 1 is 1.07 bits per heavy atom. The lowest BCUT2D eigenvalue weighted by molar-refractivity contribution is 0.0122. The smallest absolute Gasteiger partial charge is 0.410 e. The number of piperazine rings is 1. The highest BCUT2D eigenvalue weighted by molar-refractivity contribution is 5.92. The van der Waals surface area contributed by atoms with Crippen LogP contribution < -0.4 is 9.64 Å². The predicted molar refractivity (Wildman–Crippen MR) is 170 cm³/mol. The first-order valence-corrected chi connectivity index (χ1v) is 16.8. The summed E-state index contributed by atoms with van der Waals surface area (Å²) in [6.45, 7) is 8.19. The third-order valence-corrected chi connectivity index (χ3v) is 10.5. The minimum Gasteiger partial charge on any atom is -0.461 e. The molecule has 4 saturated heterocycles. The molecule has 244 valence electrons. The van der Waals surface area contributed by atoms with Crippen LogP contribution in [0.2, 0.25) is 0 Å². The first-order chi connectivity index (χ1) is 22.1. The Bertz CT molecular complexity index is 1660. The van der Waals surface area contributed by atoms with Gasteiger partial charge in [0.2, 0.25) is 0 Å². The summed E-state index contributed by atoms with van der Waals surface area (Å²) in [5, 5.41) is 0.507. The van der Waals surface area contributed by atoms with Crippen molar-refractivity contribution in [1.82, 2.24) is 24.8 Å². The number of rotatable bonds is 6. The zero-order valence-electron chi connectivity index (χ0n) is 26.8. The summed E-state index contributed by atoms with van der Waals surface area (Å²) < 4.78 is 43.3. The first-order valence-electron chi connectivity index (χ1n) is 16.8. The van der Waals surface area contributed by atoms with E-state index in [0.717, 1.165) is 56.2 Å². The van der Waals surface area contributed by atoms with Crippen LogP contribution >= 0.6 is 0 Å². The van der Waals surface area contributed by atoms with Crippen LogP contribution in [-0.4, -0.2) is 93.0 Å². The lowest BCUT2D eigenvalue weighted by Gasteiger charge is -2.42. The van der Waals surface area contributed by atoms with E-state index in [1.165, 1.54) is 0 Å². The fourth-order valence-electron chi connectivity index (χ4n) is 8.31. The van der Waals surface area contributed by atoms with E-state index in [0.29, 0.717) is 43.2 Å². The van der Waals surface area contributed by atoms with Crippen LogP contribution in [0.15, 0.2) is 30.5 Å². The van der Waals surface area contributed by atoms with E-state index in [9.17, 15) is 9.18 Å². The highest BCUT2D eigenvalue weighted by Gasteiger charge is 2.50. The van der Waals surface area contributed by atoms with Gasteiger partial charge in [0.25, 0.3) is 0 Å². The van der Waals surface area contributed by atoms with Crippen molar-refractivity contribution in [2.45, 2.75) is 101 Å². The number of carbonyl (C=O) groups is 1. The molecule has 3 aromatic rings. The van der Waals surface area contributed by atoms with Crippen molar-refractivity contribution in [3.63, 3.8) is 0 Å². The van der Waals surface area contributed by atoms with Crippen LogP contribution in [0.25, 0.3) is 22.2 Å². The summed E-state index contributed by atoms with van der Waals surface area (Å²) in [5.74, 6) is 0.466. The number of hydrogen-bond acceptors (Lipinski definition) is 8. The number of halogens is 2. The molecular formula is C35H42F2N6O3. The van der Waals surface area contributed by atoms with Crippen LogP contribution in [0.4, 0.5) is 19.4 Å². The zero-order valence-corrected chi connectivity index (χ0v) is 26.8.